The van der Waals surface area contributed by atoms with E-state index < -0.39 is 5.63 Å². The van der Waals surface area contributed by atoms with Crippen LogP contribution in [0, 0.1) is 0 Å². The van der Waals surface area contributed by atoms with E-state index in [2.05, 4.69) is 21.3 Å². The molecule has 0 saturated carbocycles. The molecule has 39 heavy (non-hydrogen) atoms. The molecular formula is C27H35ClN4O6S. The van der Waals surface area contributed by atoms with Gasteiger partial charge in [0, 0.05) is 41.5 Å². The standard InChI is InChI=1S/C27H35ClN4O6S/c1-2-37-26-23(28)17-12-11-16(14-18(17)25(35)38-26)30-22(34)10-4-3-7-13-29-21(33)9-6-5-8-20-24-19(15-39-20)31-27(36)32-24/h11-12,14,19-20,24H,2-10,13,15H2,1H3,(H,29,33)(H,30,34)(H2,31,32,36)/t19-,20-,24-/m0/s1. The van der Waals surface area contributed by atoms with Crippen LogP contribution >= 0.6 is 23.4 Å². The molecule has 4 N–H and O–H groups in total. The largest absolute Gasteiger partial charge is 0.464 e. The van der Waals surface area contributed by atoms with Crippen LogP contribution < -0.4 is 31.6 Å². The third-order valence-electron chi connectivity index (χ3n) is 6.88. The van der Waals surface area contributed by atoms with E-state index >= 15 is 0 Å². The number of ether oxygens (including phenoxy) is 1. The van der Waals surface area contributed by atoms with E-state index in [0.717, 1.165) is 37.9 Å². The molecule has 2 aromatic rings. The minimum atomic E-state index is -0.585. The van der Waals surface area contributed by atoms with Gasteiger partial charge < -0.3 is 30.4 Å². The number of rotatable bonds is 14. The van der Waals surface area contributed by atoms with Crippen molar-refractivity contribution >= 4 is 57.7 Å². The van der Waals surface area contributed by atoms with Crippen LogP contribution in [-0.4, -0.2) is 54.1 Å². The summed E-state index contributed by atoms with van der Waals surface area (Å²) in [5.41, 5.74) is -0.0955. The lowest BCUT2D eigenvalue weighted by Crippen LogP contribution is -2.36. The van der Waals surface area contributed by atoms with Gasteiger partial charge in [-0.2, -0.15) is 11.8 Å². The number of fused-ring (bicyclic) bond motifs is 2. The Morgan fingerprint density at radius 2 is 1.87 bits per heavy atom. The molecular weight excluding hydrogens is 544 g/mol. The first-order chi connectivity index (χ1) is 18.9. The number of nitrogens with one attached hydrogen (secondary N) is 4. The van der Waals surface area contributed by atoms with Crippen LogP contribution in [0.4, 0.5) is 10.5 Å². The fourth-order valence-electron chi connectivity index (χ4n) is 4.90. The zero-order chi connectivity index (χ0) is 27.8. The van der Waals surface area contributed by atoms with Crippen molar-refractivity contribution in [1.82, 2.24) is 16.0 Å². The highest BCUT2D eigenvalue weighted by atomic mass is 35.5. The van der Waals surface area contributed by atoms with Gasteiger partial charge in [-0.05, 0) is 44.7 Å². The van der Waals surface area contributed by atoms with Crippen LogP contribution in [-0.2, 0) is 9.59 Å². The molecule has 0 aliphatic carbocycles. The Morgan fingerprint density at radius 1 is 1.08 bits per heavy atom. The highest BCUT2D eigenvalue weighted by Crippen LogP contribution is 2.33. The van der Waals surface area contributed by atoms with E-state index in [1.165, 1.54) is 0 Å². The number of thioether (sulfide) groups is 1. The van der Waals surface area contributed by atoms with Crippen LogP contribution in [0.2, 0.25) is 5.02 Å². The summed E-state index contributed by atoms with van der Waals surface area (Å²) in [6, 6.07) is 5.26. The maximum Gasteiger partial charge on any atom is 0.346 e. The lowest BCUT2D eigenvalue weighted by Gasteiger charge is -2.16. The zero-order valence-electron chi connectivity index (χ0n) is 22.0. The lowest BCUT2D eigenvalue weighted by atomic mass is 10.0. The molecule has 1 aromatic carbocycles. The third-order valence-corrected chi connectivity index (χ3v) is 8.75. The average molecular weight is 579 g/mol. The number of hydrogen-bond donors (Lipinski definition) is 4. The second-order valence-electron chi connectivity index (χ2n) is 9.76. The lowest BCUT2D eigenvalue weighted by molar-refractivity contribution is -0.121. The molecule has 0 spiro atoms. The molecule has 2 aliphatic rings. The molecule has 2 saturated heterocycles. The van der Waals surface area contributed by atoms with Gasteiger partial charge in [-0.1, -0.05) is 30.5 Å². The summed E-state index contributed by atoms with van der Waals surface area (Å²) in [7, 11) is 0. The Morgan fingerprint density at radius 3 is 2.69 bits per heavy atom. The van der Waals surface area contributed by atoms with Gasteiger partial charge in [0.15, 0.2) is 0 Å². The van der Waals surface area contributed by atoms with Gasteiger partial charge in [0.25, 0.3) is 0 Å². The summed E-state index contributed by atoms with van der Waals surface area (Å²) in [5.74, 6) is 0.832. The van der Waals surface area contributed by atoms with E-state index in [4.69, 9.17) is 20.8 Å². The molecule has 212 valence electrons. The molecule has 0 unspecified atom stereocenters. The van der Waals surface area contributed by atoms with Gasteiger partial charge in [-0.3, -0.25) is 9.59 Å². The van der Waals surface area contributed by atoms with Crippen molar-refractivity contribution < 1.29 is 23.5 Å². The van der Waals surface area contributed by atoms with Crippen molar-refractivity contribution in [3.63, 3.8) is 0 Å². The van der Waals surface area contributed by atoms with E-state index in [-0.39, 0.29) is 46.3 Å². The van der Waals surface area contributed by atoms with E-state index in [9.17, 15) is 19.2 Å². The van der Waals surface area contributed by atoms with Crippen molar-refractivity contribution in [3.8, 4) is 5.95 Å². The number of unbranched alkanes of at least 4 members (excludes halogenated alkanes) is 3. The van der Waals surface area contributed by atoms with Crippen LogP contribution in [0.15, 0.2) is 27.4 Å². The minimum absolute atomic E-state index is 0.0136. The highest BCUT2D eigenvalue weighted by molar-refractivity contribution is 8.00. The number of benzene rings is 1. The molecule has 4 rings (SSSR count). The van der Waals surface area contributed by atoms with Gasteiger partial charge >= 0.3 is 17.6 Å². The normalized spacial score (nSPS) is 19.8. The molecule has 12 heteroatoms. The zero-order valence-corrected chi connectivity index (χ0v) is 23.6. The summed E-state index contributed by atoms with van der Waals surface area (Å²) in [6.45, 7) is 2.67. The van der Waals surface area contributed by atoms with Crippen molar-refractivity contribution in [2.75, 3.05) is 24.2 Å². The summed E-state index contributed by atoms with van der Waals surface area (Å²) in [6.07, 6.45) is 5.92. The SMILES string of the molecule is CCOc1oc(=O)c2cc(NC(=O)CCCCCNC(=O)CCCC[C@@H]3SC[C@@H]4NC(=O)N[C@@H]43)ccc2c1Cl. The highest BCUT2D eigenvalue weighted by Gasteiger charge is 2.42. The van der Waals surface area contributed by atoms with Crippen molar-refractivity contribution in [3.05, 3.63) is 33.6 Å². The average Bonchev–Trinajstić information content (AvgIpc) is 3.46. The number of amides is 4. The monoisotopic (exact) mass is 578 g/mol. The molecule has 0 bridgehead atoms. The molecule has 4 amide bonds. The molecule has 1 aromatic heterocycles. The van der Waals surface area contributed by atoms with Gasteiger partial charge in [0.2, 0.25) is 11.8 Å². The first-order valence-corrected chi connectivity index (χ1v) is 14.9. The van der Waals surface area contributed by atoms with Crippen LogP contribution in [0.3, 0.4) is 0 Å². The van der Waals surface area contributed by atoms with Crippen molar-refractivity contribution in [2.24, 2.45) is 0 Å². The summed E-state index contributed by atoms with van der Waals surface area (Å²) in [4.78, 5) is 48.2. The topological polar surface area (TPSA) is 139 Å². The Balaban J connectivity index is 1.07. The molecule has 0 radical (unpaired) electrons. The van der Waals surface area contributed by atoms with Gasteiger partial charge in [-0.25, -0.2) is 9.59 Å². The van der Waals surface area contributed by atoms with Crippen LogP contribution in [0.25, 0.3) is 10.8 Å². The first kappa shape index (κ1) is 29.1. The number of anilines is 1. The van der Waals surface area contributed by atoms with Crippen LogP contribution in [0.5, 0.6) is 5.95 Å². The molecule has 2 aliphatic heterocycles. The number of halogens is 1. The fourth-order valence-corrected chi connectivity index (χ4v) is 6.70. The van der Waals surface area contributed by atoms with Crippen molar-refractivity contribution in [2.45, 2.75) is 75.6 Å². The summed E-state index contributed by atoms with van der Waals surface area (Å²) >= 11 is 8.16. The fraction of sp³-hybridized carbons (Fsp3) is 0.556. The minimum Gasteiger partial charge on any atom is -0.464 e. The van der Waals surface area contributed by atoms with E-state index in [0.29, 0.717) is 48.7 Å². The number of urea groups is 1. The quantitative estimate of drug-likeness (QED) is 0.195. The number of hydrogen-bond acceptors (Lipinski definition) is 7. The Labute approximate surface area is 236 Å². The Bertz CT molecular complexity index is 1250. The maximum atomic E-state index is 12.3. The maximum absolute atomic E-state index is 12.3. The second kappa shape index (κ2) is 13.9. The summed E-state index contributed by atoms with van der Waals surface area (Å²) < 4.78 is 10.4. The number of carbonyl (C=O) groups is 3. The van der Waals surface area contributed by atoms with Gasteiger partial charge in [0.1, 0.15) is 5.02 Å². The molecule has 10 nitrogen and oxygen atoms in total. The molecule has 3 heterocycles. The van der Waals surface area contributed by atoms with Gasteiger partial charge in [0.05, 0.1) is 24.1 Å². The Kier molecular flexibility index (Phi) is 10.4. The smallest absolute Gasteiger partial charge is 0.346 e. The predicted octanol–water partition coefficient (Wildman–Crippen LogP) is 4.19. The van der Waals surface area contributed by atoms with Gasteiger partial charge in [-0.15, -0.1) is 0 Å². The van der Waals surface area contributed by atoms with Crippen LogP contribution in [0.1, 0.15) is 58.3 Å². The molecule has 2 fully saturated rings. The summed E-state index contributed by atoms with van der Waals surface area (Å²) in [5, 5.41) is 13.1. The van der Waals surface area contributed by atoms with E-state index in [1.807, 2.05) is 11.8 Å². The first-order valence-electron chi connectivity index (χ1n) is 13.5. The van der Waals surface area contributed by atoms with E-state index in [1.54, 1.807) is 25.1 Å². The predicted molar refractivity (Wildman–Crippen MR) is 153 cm³/mol. The Hall–Kier alpha value is -2.92. The second-order valence-corrected chi connectivity index (χ2v) is 11.4. The number of carbonyl (C=O) groups excluding carboxylic acids is 3. The molecule has 3 atom stereocenters. The van der Waals surface area contributed by atoms with Crippen molar-refractivity contribution in [1.29, 1.82) is 0 Å². The third kappa shape index (κ3) is 7.82.